The van der Waals surface area contributed by atoms with Gasteiger partial charge in [0.05, 0.1) is 25.9 Å². The number of amides is 1. The molecule has 1 saturated carbocycles. The molecule has 2 aromatic carbocycles. The van der Waals surface area contributed by atoms with Crippen LogP contribution in [0.4, 0.5) is 5.69 Å². The average molecular weight is 408 g/mol. The van der Waals surface area contributed by atoms with Crippen LogP contribution < -0.4 is 19.5 Å². The standard InChI is InChI=1S/C23H24N2O5/c1-27-18-11-12-21(28-2)19(13-18)22-14-20(25-30-22)23(26)24-15-7-9-17(10-8-15)29-16-5-3-4-6-16/h7-14,16H,3-6H2,1-2H3,(H,24,26). The zero-order valence-electron chi connectivity index (χ0n) is 17.0. The molecule has 1 fully saturated rings. The Morgan fingerprint density at radius 3 is 2.43 bits per heavy atom. The maximum atomic E-state index is 12.6. The molecular formula is C23H24N2O5. The van der Waals surface area contributed by atoms with Gasteiger partial charge < -0.3 is 24.1 Å². The molecule has 1 aliphatic rings. The highest BCUT2D eigenvalue weighted by atomic mass is 16.5. The van der Waals surface area contributed by atoms with E-state index < -0.39 is 0 Å². The van der Waals surface area contributed by atoms with Crippen LogP contribution in [0.2, 0.25) is 0 Å². The lowest BCUT2D eigenvalue weighted by Crippen LogP contribution is -2.13. The van der Waals surface area contributed by atoms with Gasteiger partial charge in [-0.3, -0.25) is 4.79 Å². The number of benzene rings is 2. The van der Waals surface area contributed by atoms with Gasteiger partial charge in [0.1, 0.15) is 17.2 Å². The summed E-state index contributed by atoms with van der Waals surface area (Å²) in [4.78, 5) is 12.6. The van der Waals surface area contributed by atoms with Crippen LogP contribution in [-0.2, 0) is 0 Å². The number of hydrogen-bond acceptors (Lipinski definition) is 6. The van der Waals surface area contributed by atoms with Gasteiger partial charge in [0, 0.05) is 11.8 Å². The Bertz CT molecular complexity index is 1010. The minimum absolute atomic E-state index is 0.168. The Morgan fingerprint density at radius 2 is 1.73 bits per heavy atom. The third kappa shape index (κ3) is 4.40. The molecule has 3 aromatic rings. The summed E-state index contributed by atoms with van der Waals surface area (Å²) < 4.78 is 22.0. The highest BCUT2D eigenvalue weighted by Crippen LogP contribution is 2.34. The van der Waals surface area contributed by atoms with Crippen LogP contribution in [0.1, 0.15) is 36.2 Å². The molecule has 0 unspecified atom stereocenters. The van der Waals surface area contributed by atoms with Crippen molar-refractivity contribution in [1.29, 1.82) is 0 Å². The lowest BCUT2D eigenvalue weighted by molar-refractivity contribution is 0.101. The quantitative estimate of drug-likeness (QED) is 0.597. The molecule has 7 heteroatoms. The molecule has 0 saturated heterocycles. The van der Waals surface area contributed by atoms with Gasteiger partial charge >= 0.3 is 0 Å². The summed E-state index contributed by atoms with van der Waals surface area (Å²) in [5, 5.41) is 6.72. The predicted octanol–water partition coefficient (Wildman–Crippen LogP) is 4.93. The first-order chi connectivity index (χ1) is 14.7. The van der Waals surface area contributed by atoms with Crippen LogP contribution in [0, 0.1) is 0 Å². The highest BCUT2D eigenvalue weighted by Gasteiger charge is 2.18. The number of carbonyl (C=O) groups is 1. The van der Waals surface area contributed by atoms with E-state index in [4.69, 9.17) is 18.7 Å². The molecule has 0 bridgehead atoms. The largest absolute Gasteiger partial charge is 0.497 e. The van der Waals surface area contributed by atoms with Gasteiger partial charge in [0.15, 0.2) is 11.5 Å². The number of anilines is 1. The van der Waals surface area contributed by atoms with Crippen molar-refractivity contribution in [2.45, 2.75) is 31.8 Å². The fourth-order valence-electron chi connectivity index (χ4n) is 3.53. The van der Waals surface area contributed by atoms with Gasteiger partial charge in [-0.2, -0.15) is 0 Å². The van der Waals surface area contributed by atoms with Crippen molar-refractivity contribution >= 4 is 11.6 Å². The maximum absolute atomic E-state index is 12.6. The molecule has 1 aliphatic carbocycles. The van der Waals surface area contributed by atoms with E-state index in [2.05, 4.69) is 10.5 Å². The molecule has 1 heterocycles. The van der Waals surface area contributed by atoms with Crippen LogP contribution in [0.3, 0.4) is 0 Å². The minimum Gasteiger partial charge on any atom is -0.497 e. The Balaban J connectivity index is 1.44. The summed E-state index contributed by atoms with van der Waals surface area (Å²) in [6.07, 6.45) is 4.95. The SMILES string of the molecule is COc1ccc(OC)c(-c2cc(C(=O)Nc3ccc(OC4CCCC4)cc3)no2)c1. The molecule has 1 amide bonds. The summed E-state index contributed by atoms with van der Waals surface area (Å²) in [6.45, 7) is 0. The number of rotatable bonds is 7. The summed E-state index contributed by atoms with van der Waals surface area (Å²) in [5.41, 5.74) is 1.47. The second-order valence-corrected chi connectivity index (χ2v) is 7.15. The fourth-order valence-corrected chi connectivity index (χ4v) is 3.53. The van der Waals surface area contributed by atoms with E-state index in [1.54, 1.807) is 38.5 Å². The summed E-state index contributed by atoms with van der Waals surface area (Å²) in [7, 11) is 3.14. The molecule has 30 heavy (non-hydrogen) atoms. The van der Waals surface area contributed by atoms with Crippen molar-refractivity contribution in [3.05, 3.63) is 54.2 Å². The van der Waals surface area contributed by atoms with Gasteiger partial charge in [0.25, 0.3) is 5.91 Å². The summed E-state index contributed by atoms with van der Waals surface area (Å²) in [6, 6.07) is 14.3. The number of aromatic nitrogens is 1. The monoisotopic (exact) mass is 408 g/mol. The fraction of sp³-hybridized carbons (Fsp3) is 0.304. The molecule has 7 nitrogen and oxygen atoms in total. The van der Waals surface area contributed by atoms with Crippen LogP contribution in [0.5, 0.6) is 17.2 Å². The number of nitrogens with one attached hydrogen (secondary N) is 1. The minimum atomic E-state index is -0.365. The molecule has 1 N–H and O–H groups in total. The maximum Gasteiger partial charge on any atom is 0.277 e. The van der Waals surface area contributed by atoms with Gasteiger partial charge in [-0.05, 0) is 68.1 Å². The van der Waals surface area contributed by atoms with E-state index in [0.717, 1.165) is 18.6 Å². The van der Waals surface area contributed by atoms with Crippen molar-refractivity contribution in [1.82, 2.24) is 5.16 Å². The third-order valence-electron chi connectivity index (χ3n) is 5.13. The second kappa shape index (κ2) is 8.90. The van der Waals surface area contributed by atoms with Crippen molar-refractivity contribution in [3.8, 4) is 28.6 Å². The topological polar surface area (TPSA) is 82.8 Å². The third-order valence-corrected chi connectivity index (χ3v) is 5.13. The Labute approximate surface area is 174 Å². The van der Waals surface area contributed by atoms with Gasteiger partial charge in [-0.15, -0.1) is 0 Å². The number of hydrogen-bond donors (Lipinski definition) is 1. The summed E-state index contributed by atoms with van der Waals surface area (Å²) >= 11 is 0. The smallest absolute Gasteiger partial charge is 0.277 e. The zero-order chi connectivity index (χ0) is 20.9. The number of methoxy groups -OCH3 is 2. The van der Waals surface area contributed by atoms with E-state index in [9.17, 15) is 4.79 Å². The van der Waals surface area contributed by atoms with Crippen LogP contribution in [-0.4, -0.2) is 31.4 Å². The Hall–Kier alpha value is -3.48. The van der Waals surface area contributed by atoms with E-state index >= 15 is 0 Å². The van der Waals surface area contributed by atoms with E-state index in [1.807, 2.05) is 24.3 Å². The average Bonchev–Trinajstić information content (AvgIpc) is 3.47. The first-order valence-corrected chi connectivity index (χ1v) is 9.93. The molecule has 0 atom stereocenters. The van der Waals surface area contributed by atoms with Crippen LogP contribution >= 0.6 is 0 Å². The van der Waals surface area contributed by atoms with Gasteiger partial charge in [-0.1, -0.05) is 5.16 Å². The molecule has 4 rings (SSSR count). The van der Waals surface area contributed by atoms with Crippen molar-refractivity contribution in [3.63, 3.8) is 0 Å². The van der Waals surface area contributed by atoms with Crippen molar-refractivity contribution in [2.75, 3.05) is 19.5 Å². The molecule has 0 aliphatic heterocycles. The first kappa shape index (κ1) is 19.8. The number of carbonyl (C=O) groups excluding carboxylic acids is 1. The van der Waals surface area contributed by atoms with E-state index in [0.29, 0.717) is 34.6 Å². The zero-order valence-corrected chi connectivity index (χ0v) is 17.0. The van der Waals surface area contributed by atoms with Gasteiger partial charge in [0.2, 0.25) is 0 Å². The van der Waals surface area contributed by atoms with Crippen molar-refractivity contribution in [2.24, 2.45) is 0 Å². The molecular weight excluding hydrogens is 384 g/mol. The highest BCUT2D eigenvalue weighted by molar-refractivity contribution is 6.03. The Kier molecular flexibility index (Phi) is 5.88. The molecule has 156 valence electrons. The number of nitrogens with zero attached hydrogens (tertiary/aromatic N) is 1. The van der Waals surface area contributed by atoms with Crippen LogP contribution in [0.15, 0.2) is 53.1 Å². The molecule has 0 radical (unpaired) electrons. The van der Waals surface area contributed by atoms with Crippen molar-refractivity contribution < 1.29 is 23.5 Å². The summed E-state index contributed by atoms with van der Waals surface area (Å²) in [5.74, 6) is 2.10. The van der Waals surface area contributed by atoms with Gasteiger partial charge in [-0.25, -0.2) is 0 Å². The normalized spacial score (nSPS) is 13.8. The lowest BCUT2D eigenvalue weighted by Gasteiger charge is -2.13. The van der Waals surface area contributed by atoms with Crippen LogP contribution in [0.25, 0.3) is 11.3 Å². The second-order valence-electron chi connectivity index (χ2n) is 7.15. The lowest BCUT2D eigenvalue weighted by atomic mass is 10.1. The number of ether oxygens (including phenoxy) is 3. The molecule has 1 aromatic heterocycles. The van der Waals surface area contributed by atoms with E-state index in [1.165, 1.54) is 12.8 Å². The predicted molar refractivity (Wildman–Crippen MR) is 112 cm³/mol. The van der Waals surface area contributed by atoms with E-state index in [-0.39, 0.29) is 11.6 Å². The first-order valence-electron chi connectivity index (χ1n) is 9.93. The Morgan fingerprint density at radius 1 is 1.00 bits per heavy atom. The molecule has 0 spiro atoms.